The second-order valence-corrected chi connectivity index (χ2v) is 5.43. The van der Waals surface area contributed by atoms with Crippen LogP contribution in [0.5, 0.6) is 0 Å². The van der Waals surface area contributed by atoms with Crippen molar-refractivity contribution in [2.75, 3.05) is 11.4 Å². The van der Waals surface area contributed by atoms with Crippen molar-refractivity contribution in [2.45, 2.75) is 19.4 Å². The molecule has 0 fully saturated rings. The summed E-state index contributed by atoms with van der Waals surface area (Å²) in [7, 11) is 0. The Hall–Kier alpha value is -2.69. The van der Waals surface area contributed by atoms with E-state index in [-0.39, 0.29) is 11.5 Å². The number of hydrogen-bond donors (Lipinski definition) is 0. The lowest BCUT2D eigenvalue weighted by Gasteiger charge is -2.21. The van der Waals surface area contributed by atoms with Gasteiger partial charge in [0.25, 0.3) is 5.91 Å². The minimum absolute atomic E-state index is 0.0893. The summed E-state index contributed by atoms with van der Waals surface area (Å²) in [6.07, 6.45) is -0.149. The van der Waals surface area contributed by atoms with Gasteiger partial charge in [0.15, 0.2) is 6.10 Å². The molecule has 118 valence electrons. The standard InChI is InChI=1S/C18H16FNO3/c1-12(23-18(22)14-6-4-7-15(19)11-14)17(21)20-10-9-13-5-2-3-8-16(13)20/h2-8,11-12H,9-10H2,1H3/t12-/m1/s1. The van der Waals surface area contributed by atoms with Crippen LogP contribution >= 0.6 is 0 Å². The summed E-state index contributed by atoms with van der Waals surface area (Å²) in [5.41, 5.74) is 2.04. The van der Waals surface area contributed by atoms with Crippen LogP contribution in [0.15, 0.2) is 48.5 Å². The molecule has 0 bridgehead atoms. The molecule has 0 N–H and O–H groups in total. The summed E-state index contributed by atoms with van der Waals surface area (Å²) in [6.45, 7) is 2.10. The van der Waals surface area contributed by atoms with Gasteiger partial charge in [-0.05, 0) is 43.2 Å². The fourth-order valence-electron chi connectivity index (χ4n) is 2.68. The molecule has 5 heteroatoms. The van der Waals surface area contributed by atoms with Crippen LogP contribution < -0.4 is 4.90 Å². The van der Waals surface area contributed by atoms with E-state index in [0.29, 0.717) is 6.54 Å². The number of hydrogen-bond acceptors (Lipinski definition) is 3. The smallest absolute Gasteiger partial charge is 0.339 e. The maximum Gasteiger partial charge on any atom is 0.339 e. The minimum atomic E-state index is -0.933. The van der Waals surface area contributed by atoms with E-state index in [2.05, 4.69) is 0 Å². The number of fused-ring (bicyclic) bond motifs is 1. The summed E-state index contributed by atoms with van der Waals surface area (Å²) >= 11 is 0. The van der Waals surface area contributed by atoms with E-state index in [0.717, 1.165) is 23.7 Å². The number of para-hydroxylation sites is 1. The van der Waals surface area contributed by atoms with Crippen LogP contribution in [0.25, 0.3) is 0 Å². The zero-order valence-electron chi connectivity index (χ0n) is 12.7. The third kappa shape index (κ3) is 3.08. The molecule has 0 saturated heterocycles. The monoisotopic (exact) mass is 313 g/mol. The Balaban J connectivity index is 1.70. The first-order chi connectivity index (χ1) is 11.1. The van der Waals surface area contributed by atoms with E-state index in [1.54, 1.807) is 4.90 Å². The van der Waals surface area contributed by atoms with Gasteiger partial charge >= 0.3 is 5.97 Å². The number of rotatable bonds is 3. The molecular weight excluding hydrogens is 297 g/mol. The number of anilines is 1. The fraction of sp³-hybridized carbons (Fsp3) is 0.222. The Morgan fingerprint density at radius 3 is 2.74 bits per heavy atom. The molecule has 1 aliphatic rings. The van der Waals surface area contributed by atoms with Gasteiger partial charge in [0, 0.05) is 12.2 Å². The Bertz CT molecular complexity index is 759. The van der Waals surface area contributed by atoms with Gasteiger partial charge in [0.2, 0.25) is 0 Å². The lowest BCUT2D eigenvalue weighted by atomic mass is 10.2. The Morgan fingerprint density at radius 1 is 1.17 bits per heavy atom. The summed E-state index contributed by atoms with van der Waals surface area (Å²) in [5, 5.41) is 0. The van der Waals surface area contributed by atoms with E-state index in [9.17, 15) is 14.0 Å². The third-order valence-electron chi connectivity index (χ3n) is 3.85. The average molecular weight is 313 g/mol. The molecule has 1 amide bonds. The quantitative estimate of drug-likeness (QED) is 0.819. The SMILES string of the molecule is C[C@@H](OC(=O)c1cccc(F)c1)C(=O)N1CCc2ccccc21. The molecule has 4 nitrogen and oxygen atoms in total. The van der Waals surface area contributed by atoms with Crippen molar-refractivity contribution in [1.82, 2.24) is 0 Å². The molecule has 0 radical (unpaired) electrons. The van der Waals surface area contributed by atoms with Crippen molar-refractivity contribution < 1.29 is 18.7 Å². The van der Waals surface area contributed by atoms with Gasteiger partial charge in [-0.3, -0.25) is 4.79 Å². The van der Waals surface area contributed by atoms with Gasteiger partial charge < -0.3 is 9.64 Å². The summed E-state index contributed by atoms with van der Waals surface area (Å²) < 4.78 is 18.3. The molecule has 2 aromatic rings. The number of nitrogens with zero attached hydrogens (tertiary/aromatic N) is 1. The molecule has 1 heterocycles. The maximum atomic E-state index is 13.2. The van der Waals surface area contributed by atoms with Crippen LogP contribution in [0.3, 0.4) is 0 Å². The van der Waals surface area contributed by atoms with Crippen molar-refractivity contribution >= 4 is 17.6 Å². The lowest BCUT2D eigenvalue weighted by molar-refractivity contribution is -0.126. The lowest BCUT2D eigenvalue weighted by Crippen LogP contribution is -2.39. The Kier molecular flexibility index (Phi) is 4.10. The van der Waals surface area contributed by atoms with Crippen LogP contribution in [0.2, 0.25) is 0 Å². The van der Waals surface area contributed by atoms with Crippen molar-refractivity contribution in [3.8, 4) is 0 Å². The number of ether oxygens (including phenoxy) is 1. The molecule has 0 saturated carbocycles. The van der Waals surface area contributed by atoms with Gasteiger partial charge in [0.1, 0.15) is 5.82 Å². The first kappa shape index (κ1) is 15.2. The zero-order valence-corrected chi connectivity index (χ0v) is 12.7. The number of esters is 1. The summed E-state index contributed by atoms with van der Waals surface area (Å²) in [6, 6.07) is 12.9. The fourth-order valence-corrected chi connectivity index (χ4v) is 2.68. The molecular formula is C18H16FNO3. The Morgan fingerprint density at radius 2 is 1.96 bits per heavy atom. The number of halogens is 1. The predicted octanol–water partition coefficient (Wildman–Crippen LogP) is 2.96. The highest BCUT2D eigenvalue weighted by Crippen LogP contribution is 2.28. The van der Waals surface area contributed by atoms with E-state index in [4.69, 9.17) is 4.74 Å². The molecule has 23 heavy (non-hydrogen) atoms. The predicted molar refractivity (Wildman–Crippen MR) is 83.8 cm³/mol. The van der Waals surface area contributed by atoms with Crippen LogP contribution in [0.4, 0.5) is 10.1 Å². The normalized spacial score (nSPS) is 14.3. The minimum Gasteiger partial charge on any atom is -0.449 e. The van der Waals surface area contributed by atoms with Crippen LogP contribution in [0.1, 0.15) is 22.8 Å². The highest BCUT2D eigenvalue weighted by atomic mass is 19.1. The van der Waals surface area contributed by atoms with Gasteiger partial charge in [-0.2, -0.15) is 0 Å². The third-order valence-corrected chi connectivity index (χ3v) is 3.85. The summed E-state index contributed by atoms with van der Waals surface area (Å²) in [4.78, 5) is 26.2. The van der Waals surface area contributed by atoms with E-state index < -0.39 is 17.9 Å². The topological polar surface area (TPSA) is 46.6 Å². The zero-order chi connectivity index (χ0) is 16.4. The first-order valence-electron chi connectivity index (χ1n) is 7.42. The largest absolute Gasteiger partial charge is 0.449 e. The van der Waals surface area contributed by atoms with Crippen LogP contribution in [-0.2, 0) is 16.0 Å². The molecule has 1 atom stereocenters. The number of carbonyl (C=O) groups is 2. The number of amides is 1. The van der Waals surface area contributed by atoms with Crippen molar-refractivity contribution in [3.05, 3.63) is 65.5 Å². The van der Waals surface area contributed by atoms with E-state index in [1.165, 1.54) is 25.1 Å². The molecule has 1 aliphatic heterocycles. The molecule has 0 unspecified atom stereocenters. The van der Waals surface area contributed by atoms with Crippen molar-refractivity contribution in [2.24, 2.45) is 0 Å². The molecule has 0 aliphatic carbocycles. The van der Waals surface area contributed by atoms with Crippen LogP contribution in [-0.4, -0.2) is 24.5 Å². The average Bonchev–Trinajstić information content (AvgIpc) is 2.98. The van der Waals surface area contributed by atoms with Crippen molar-refractivity contribution in [1.29, 1.82) is 0 Å². The number of benzene rings is 2. The molecule has 0 spiro atoms. The molecule has 3 rings (SSSR count). The molecule has 0 aromatic heterocycles. The van der Waals surface area contributed by atoms with Gasteiger partial charge in [-0.1, -0.05) is 24.3 Å². The van der Waals surface area contributed by atoms with Gasteiger partial charge in [0.05, 0.1) is 5.56 Å². The highest BCUT2D eigenvalue weighted by Gasteiger charge is 2.29. The second-order valence-electron chi connectivity index (χ2n) is 5.43. The van der Waals surface area contributed by atoms with Gasteiger partial charge in [-0.25, -0.2) is 9.18 Å². The van der Waals surface area contributed by atoms with E-state index >= 15 is 0 Å². The van der Waals surface area contributed by atoms with E-state index in [1.807, 2.05) is 24.3 Å². The molecule has 2 aromatic carbocycles. The number of carbonyl (C=O) groups excluding carboxylic acids is 2. The summed E-state index contributed by atoms with van der Waals surface area (Å²) in [5.74, 6) is -1.51. The Labute approximate surface area is 133 Å². The van der Waals surface area contributed by atoms with Crippen LogP contribution in [0, 0.1) is 5.82 Å². The van der Waals surface area contributed by atoms with Gasteiger partial charge in [-0.15, -0.1) is 0 Å². The van der Waals surface area contributed by atoms with Crippen molar-refractivity contribution in [3.63, 3.8) is 0 Å². The first-order valence-corrected chi connectivity index (χ1v) is 7.42. The highest BCUT2D eigenvalue weighted by molar-refractivity contribution is 6.00. The maximum absolute atomic E-state index is 13.2. The second kappa shape index (κ2) is 6.20.